The molecule has 0 bridgehead atoms. The monoisotopic (exact) mass is 405 g/mol. The summed E-state index contributed by atoms with van der Waals surface area (Å²) in [7, 11) is 0. The molecular formula is C24H47N5. The molecule has 1 rings (SSSR count). The van der Waals surface area contributed by atoms with Gasteiger partial charge in [-0.25, -0.2) is 0 Å². The van der Waals surface area contributed by atoms with Crippen molar-refractivity contribution in [1.29, 1.82) is 0 Å². The molecule has 2 N–H and O–H groups in total. The Hall–Kier alpha value is -1.39. The van der Waals surface area contributed by atoms with Crippen LogP contribution >= 0.6 is 0 Å². The van der Waals surface area contributed by atoms with E-state index in [0.717, 1.165) is 25.3 Å². The molecule has 0 spiro atoms. The van der Waals surface area contributed by atoms with Gasteiger partial charge in [0.05, 0.1) is 0 Å². The van der Waals surface area contributed by atoms with Gasteiger partial charge in [0.1, 0.15) is 5.82 Å². The first kappa shape index (κ1) is 25.6. The van der Waals surface area contributed by atoms with Crippen molar-refractivity contribution < 1.29 is 0 Å². The first-order valence-corrected chi connectivity index (χ1v) is 12.5. The largest absolute Gasteiger partial charge is 0.354 e. The van der Waals surface area contributed by atoms with Gasteiger partial charge >= 0.3 is 0 Å². The van der Waals surface area contributed by atoms with Gasteiger partial charge in [-0.15, -0.1) is 0 Å². The molecule has 0 atom stereocenters. The van der Waals surface area contributed by atoms with E-state index in [1.54, 1.807) is 0 Å². The number of anilines is 2. The van der Waals surface area contributed by atoms with Crippen LogP contribution in [0.2, 0.25) is 0 Å². The summed E-state index contributed by atoms with van der Waals surface area (Å²) < 4.78 is 0. The predicted octanol–water partition coefficient (Wildman–Crippen LogP) is 7.15. The maximum absolute atomic E-state index is 4.54. The number of hydrogen-bond acceptors (Lipinski definition) is 5. The lowest BCUT2D eigenvalue weighted by atomic mass is 10.0. The van der Waals surface area contributed by atoms with Crippen LogP contribution in [-0.4, -0.2) is 28.0 Å². The maximum Gasteiger partial charge on any atom is 0.227 e. The van der Waals surface area contributed by atoms with E-state index < -0.39 is 0 Å². The zero-order chi connectivity index (χ0) is 21.0. The van der Waals surface area contributed by atoms with Crippen LogP contribution in [0, 0.1) is 0 Å². The Balaban J connectivity index is 1.99. The van der Waals surface area contributed by atoms with E-state index in [1.165, 1.54) is 96.3 Å². The van der Waals surface area contributed by atoms with Crippen molar-refractivity contribution in [1.82, 2.24) is 15.0 Å². The number of hydrogen-bond donors (Lipinski definition) is 2. The number of aryl methyl sites for hydroxylation is 1. The van der Waals surface area contributed by atoms with E-state index in [-0.39, 0.29) is 0 Å². The van der Waals surface area contributed by atoms with Gasteiger partial charge < -0.3 is 10.6 Å². The Morgan fingerprint density at radius 1 is 0.483 bits per heavy atom. The third-order valence-electron chi connectivity index (χ3n) is 5.36. The summed E-state index contributed by atoms with van der Waals surface area (Å²) in [4.78, 5) is 13.5. The van der Waals surface area contributed by atoms with Crippen LogP contribution in [0.25, 0.3) is 0 Å². The van der Waals surface area contributed by atoms with E-state index in [0.29, 0.717) is 11.9 Å². The number of rotatable bonds is 20. The van der Waals surface area contributed by atoms with Gasteiger partial charge in [-0.1, -0.05) is 96.8 Å². The summed E-state index contributed by atoms with van der Waals surface area (Å²) >= 11 is 0. The fourth-order valence-electron chi connectivity index (χ4n) is 3.66. The molecule has 0 saturated carbocycles. The minimum Gasteiger partial charge on any atom is -0.354 e. The minimum absolute atomic E-state index is 0.689. The van der Waals surface area contributed by atoms with Crippen molar-refractivity contribution in [2.75, 3.05) is 23.7 Å². The van der Waals surface area contributed by atoms with Crippen LogP contribution < -0.4 is 10.6 Å². The quantitative estimate of drug-likeness (QED) is 0.225. The van der Waals surface area contributed by atoms with Crippen molar-refractivity contribution in [3.8, 4) is 0 Å². The molecule has 0 saturated heterocycles. The number of aromatic nitrogens is 3. The second-order valence-electron chi connectivity index (χ2n) is 8.16. The van der Waals surface area contributed by atoms with E-state index in [9.17, 15) is 0 Å². The van der Waals surface area contributed by atoms with Gasteiger partial charge in [-0.3, -0.25) is 0 Å². The Morgan fingerprint density at radius 2 is 0.862 bits per heavy atom. The van der Waals surface area contributed by atoms with Crippen molar-refractivity contribution >= 4 is 11.9 Å². The molecule has 0 aliphatic carbocycles. The van der Waals surface area contributed by atoms with Gasteiger partial charge in [0.25, 0.3) is 0 Å². The molecule has 1 aromatic rings. The molecule has 0 aliphatic rings. The molecule has 168 valence electrons. The maximum atomic E-state index is 4.54. The van der Waals surface area contributed by atoms with Crippen molar-refractivity contribution in [2.45, 2.75) is 124 Å². The summed E-state index contributed by atoms with van der Waals surface area (Å²) in [6, 6.07) is 0. The molecule has 0 aliphatic heterocycles. The molecule has 0 amide bonds. The van der Waals surface area contributed by atoms with E-state index in [1.807, 2.05) is 0 Å². The summed E-state index contributed by atoms with van der Waals surface area (Å²) in [5, 5.41) is 6.40. The first-order valence-electron chi connectivity index (χ1n) is 12.5. The lowest BCUT2D eigenvalue weighted by Crippen LogP contribution is -2.11. The normalized spacial score (nSPS) is 11.0. The zero-order valence-corrected chi connectivity index (χ0v) is 19.6. The van der Waals surface area contributed by atoms with Crippen LogP contribution in [0.1, 0.15) is 123 Å². The highest BCUT2D eigenvalue weighted by molar-refractivity contribution is 5.34. The second kappa shape index (κ2) is 18.6. The molecular weight excluding hydrogens is 358 g/mol. The van der Waals surface area contributed by atoms with Gasteiger partial charge in [0.2, 0.25) is 11.9 Å². The van der Waals surface area contributed by atoms with Crippen molar-refractivity contribution in [2.24, 2.45) is 0 Å². The Bertz CT molecular complexity index is 468. The van der Waals surface area contributed by atoms with E-state index in [4.69, 9.17) is 0 Å². The van der Waals surface area contributed by atoms with Crippen LogP contribution in [0.4, 0.5) is 11.9 Å². The van der Waals surface area contributed by atoms with Gasteiger partial charge in [-0.2, -0.15) is 15.0 Å². The molecule has 0 unspecified atom stereocenters. The van der Waals surface area contributed by atoms with Gasteiger partial charge in [0.15, 0.2) is 0 Å². The highest BCUT2D eigenvalue weighted by Gasteiger charge is 2.05. The zero-order valence-electron chi connectivity index (χ0n) is 19.6. The lowest BCUT2D eigenvalue weighted by molar-refractivity contribution is 0.531. The number of unbranched alkanes of at least 4 members (excludes halogenated alkanes) is 14. The minimum atomic E-state index is 0.689. The van der Waals surface area contributed by atoms with Crippen LogP contribution in [-0.2, 0) is 6.42 Å². The Kier molecular flexibility index (Phi) is 16.5. The van der Waals surface area contributed by atoms with E-state index in [2.05, 4.69) is 46.4 Å². The number of nitrogens with zero attached hydrogens (tertiary/aromatic N) is 3. The van der Waals surface area contributed by atoms with E-state index >= 15 is 0 Å². The van der Waals surface area contributed by atoms with Crippen molar-refractivity contribution in [3.05, 3.63) is 5.82 Å². The van der Waals surface area contributed by atoms with Gasteiger partial charge in [0, 0.05) is 19.5 Å². The van der Waals surface area contributed by atoms with Gasteiger partial charge in [-0.05, 0) is 20.3 Å². The third kappa shape index (κ3) is 14.3. The molecule has 1 heterocycles. The molecule has 5 heteroatoms. The fraction of sp³-hybridized carbons (Fsp3) is 0.875. The topological polar surface area (TPSA) is 62.7 Å². The Morgan fingerprint density at radius 3 is 1.24 bits per heavy atom. The molecule has 0 aromatic carbocycles. The third-order valence-corrected chi connectivity index (χ3v) is 5.36. The summed E-state index contributed by atoms with van der Waals surface area (Å²) in [6.07, 6.45) is 21.8. The number of nitrogens with one attached hydrogen (secondary N) is 2. The lowest BCUT2D eigenvalue weighted by Gasteiger charge is -2.08. The SMILES string of the molecule is CCCCCCCCCCCCCCCCCc1nc(NCC)nc(NCC)n1. The van der Waals surface area contributed by atoms with Crippen LogP contribution in [0.15, 0.2) is 0 Å². The summed E-state index contributed by atoms with van der Waals surface area (Å²) in [6.45, 7) is 8.06. The molecule has 0 fully saturated rings. The molecule has 5 nitrogen and oxygen atoms in total. The highest BCUT2D eigenvalue weighted by atomic mass is 15.2. The average molecular weight is 406 g/mol. The molecule has 29 heavy (non-hydrogen) atoms. The fourth-order valence-corrected chi connectivity index (χ4v) is 3.66. The van der Waals surface area contributed by atoms with Crippen molar-refractivity contribution in [3.63, 3.8) is 0 Å². The summed E-state index contributed by atoms with van der Waals surface area (Å²) in [5.41, 5.74) is 0. The van der Waals surface area contributed by atoms with Crippen LogP contribution in [0.5, 0.6) is 0 Å². The summed E-state index contributed by atoms with van der Waals surface area (Å²) in [5.74, 6) is 2.28. The average Bonchev–Trinajstić information content (AvgIpc) is 2.71. The highest BCUT2D eigenvalue weighted by Crippen LogP contribution is 2.14. The standard InChI is InChI=1S/C24H47N5/c1-4-7-8-9-10-11-12-13-14-15-16-17-18-19-20-21-22-27-23(25-5-2)29-24(28-22)26-6-3/h4-21H2,1-3H3,(H2,25,26,27,28,29). The molecule has 0 radical (unpaired) electrons. The Labute approximate surface area is 180 Å². The predicted molar refractivity (Wildman–Crippen MR) is 127 cm³/mol. The molecule has 1 aromatic heterocycles. The first-order chi connectivity index (χ1) is 14.3. The van der Waals surface area contributed by atoms with Crippen LogP contribution in [0.3, 0.4) is 0 Å². The second-order valence-corrected chi connectivity index (χ2v) is 8.16. The smallest absolute Gasteiger partial charge is 0.227 e.